The molecule has 2 unspecified atom stereocenters. The predicted octanol–water partition coefficient (Wildman–Crippen LogP) is 3.99. The Morgan fingerprint density at radius 1 is 1.25 bits per heavy atom. The maximum atomic E-state index is 13.8. The van der Waals surface area contributed by atoms with Gasteiger partial charge < -0.3 is 19.4 Å². The van der Waals surface area contributed by atoms with Gasteiger partial charge in [0, 0.05) is 24.9 Å². The number of fused-ring (bicyclic) bond motifs is 1. The molecule has 3 aromatic rings. The Morgan fingerprint density at radius 2 is 2.08 bits per heavy atom. The fourth-order valence-electron chi connectivity index (χ4n) is 5.01. The summed E-state index contributed by atoms with van der Waals surface area (Å²) in [6.07, 6.45) is 6.06. The van der Waals surface area contributed by atoms with Crippen LogP contribution in [0.25, 0.3) is 17.5 Å². The van der Waals surface area contributed by atoms with Crippen molar-refractivity contribution in [2.45, 2.75) is 58.8 Å². The second-order valence-corrected chi connectivity index (χ2v) is 9.23. The number of halogens is 1. The van der Waals surface area contributed by atoms with Crippen LogP contribution in [-0.2, 0) is 21.4 Å². The van der Waals surface area contributed by atoms with Gasteiger partial charge >= 0.3 is 0 Å². The minimum absolute atomic E-state index is 0.174. The molecule has 36 heavy (non-hydrogen) atoms. The number of nitrogens with zero attached hydrogens (tertiary/aromatic N) is 3. The molecule has 0 bridgehead atoms. The fourth-order valence-corrected chi connectivity index (χ4v) is 5.01. The van der Waals surface area contributed by atoms with Gasteiger partial charge in [0.2, 0.25) is 12.1 Å². The summed E-state index contributed by atoms with van der Waals surface area (Å²) in [4.78, 5) is 16.1. The zero-order chi connectivity index (χ0) is 25.4. The molecule has 3 aromatic heterocycles. The first kappa shape index (κ1) is 24.2. The summed E-state index contributed by atoms with van der Waals surface area (Å²) in [7, 11) is 0. The topological polar surface area (TPSA) is 112 Å². The molecule has 0 fully saturated rings. The van der Waals surface area contributed by atoms with Gasteiger partial charge in [0.25, 0.3) is 0 Å². The molecule has 2 aliphatic rings. The van der Waals surface area contributed by atoms with Crippen LogP contribution in [0.1, 0.15) is 60.8 Å². The van der Waals surface area contributed by atoms with Crippen molar-refractivity contribution in [2.24, 2.45) is 5.10 Å². The lowest BCUT2D eigenvalue weighted by atomic mass is 9.82. The first-order chi connectivity index (χ1) is 17.4. The third kappa shape index (κ3) is 4.10. The van der Waals surface area contributed by atoms with Crippen LogP contribution in [0, 0.1) is 19.7 Å². The Labute approximate surface area is 209 Å². The number of hydrogen-bond acceptors (Lipinski definition) is 7. The monoisotopic (exact) mass is 493 g/mol. The lowest BCUT2D eigenvalue weighted by molar-refractivity contribution is -0.0234. The van der Waals surface area contributed by atoms with Crippen molar-refractivity contribution in [3.05, 3.63) is 64.3 Å². The molecule has 0 aromatic carbocycles. The highest BCUT2D eigenvalue weighted by Crippen LogP contribution is 2.41. The third-order valence-corrected chi connectivity index (χ3v) is 6.87. The summed E-state index contributed by atoms with van der Waals surface area (Å²) >= 11 is 0. The average molecular weight is 494 g/mol. The summed E-state index contributed by atoms with van der Waals surface area (Å²) in [5.74, 6) is 0.988. The number of aromatic nitrogens is 4. The van der Waals surface area contributed by atoms with E-state index in [1.165, 1.54) is 17.2 Å². The summed E-state index contributed by atoms with van der Waals surface area (Å²) in [6, 6.07) is 2.91. The molecule has 5 heterocycles. The number of aryl methyl sites for hydroxylation is 1. The lowest BCUT2D eigenvalue weighted by Gasteiger charge is -2.44. The van der Waals surface area contributed by atoms with Gasteiger partial charge in [-0.15, -0.1) is 5.10 Å². The van der Waals surface area contributed by atoms with Crippen molar-refractivity contribution in [1.29, 1.82) is 0 Å². The number of rotatable bonds is 7. The summed E-state index contributed by atoms with van der Waals surface area (Å²) in [5, 5.41) is 8.09. The van der Waals surface area contributed by atoms with Gasteiger partial charge in [0.15, 0.2) is 0 Å². The molecular weight excluding hydrogens is 461 g/mol. The van der Waals surface area contributed by atoms with Gasteiger partial charge in [-0.2, -0.15) is 0 Å². The number of ether oxygens (including phenoxy) is 2. The molecule has 0 saturated carbocycles. The maximum absolute atomic E-state index is 13.8. The first-order valence-corrected chi connectivity index (χ1v) is 12.2. The Bertz CT molecular complexity index is 1330. The van der Waals surface area contributed by atoms with Crippen molar-refractivity contribution >= 4 is 12.0 Å². The van der Waals surface area contributed by atoms with Gasteiger partial charge in [-0.3, -0.25) is 10.7 Å². The summed E-state index contributed by atoms with van der Waals surface area (Å²) in [6.45, 7) is 10.5. The van der Waals surface area contributed by atoms with Gasteiger partial charge in [0.05, 0.1) is 35.9 Å². The van der Waals surface area contributed by atoms with Crippen LogP contribution in [0.3, 0.4) is 0 Å². The molecule has 3 atom stereocenters. The highest BCUT2D eigenvalue weighted by atomic mass is 19.1. The van der Waals surface area contributed by atoms with Gasteiger partial charge in [0.1, 0.15) is 17.2 Å². The van der Waals surface area contributed by atoms with Crippen molar-refractivity contribution in [3.63, 3.8) is 0 Å². The van der Waals surface area contributed by atoms with E-state index >= 15 is 0 Å². The number of aromatic amines is 2. The number of imidazole rings is 1. The standard InChI is InChI=1S/C26H32FN7O2/c1-6-8-19-14(3)17-11-21(24-28-12-22(31-24)20-10-9-18(27)15(4)29-20)32-26(13-35-7-2,23(17)30-19)25-34-33-16(5)36-25/h6,8-10,12,21,25,30,32,34H,7,11,13H2,1-5H3,(H,28,31)/b8-6-/t21-,25?,26?/m1/s1. The van der Waals surface area contributed by atoms with Crippen LogP contribution in [0.5, 0.6) is 0 Å². The smallest absolute Gasteiger partial charge is 0.212 e. The first-order valence-electron chi connectivity index (χ1n) is 12.2. The molecule has 4 N–H and O–H groups in total. The number of nitrogens with one attached hydrogen (secondary N) is 4. The number of hydrogen-bond donors (Lipinski definition) is 4. The molecule has 0 saturated heterocycles. The summed E-state index contributed by atoms with van der Waals surface area (Å²) < 4.78 is 25.9. The van der Waals surface area contributed by atoms with E-state index in [0.29, 0.717) is 36.9 Å². The molecule has 0 radical (unpaired) electrons. The Hall–Kier alpha value is -3.50. The van der Waals surface area contributed by atoms with Crippen LogP contribution >= 0.6 is 0 Å². The van der Waals surface area contributed by atoms with E-state index in [1.54, 1.807) is 19.2 Å². The second kappa shape index (κ2) is 9.51. The summed E-state index contributed by atoms with van der Waals surface area (Å²) in [5.41, 5.74) is 8.53. The second-order valence-electron chi connectivity index (χ2n) is 9.23. The Balaban J connectivity index is 1.58. The minimum Gasteiger partial charge on any atom is -0.452 e. The molecule has 5 rings (SSSR count). The number of H-pyrrole nitrogens is 2. The SMILES string of the molecule is C/C=C\c1[nH]c2c(c1C)C[C@H](c1ncc(-c3ccc(F)c(C)n3)[nH]1)NC2(COCC)C1NN=C(C)O1. The van der Waals surface area contributed by atoms with E-state index in [9.17, 15) is 4.39 Å². The van der Waals surface area contributed by atoms with Crippen LogP contribution < -0.4 is 10.7 Å². The van der Waals surface area contributed by atoms with Crippen LogP contribution in [0.4, 0.5) is 4.39 Å². The number of allylic oxidation sites excluding steroid dienone is 1. The molecule has 9 nitrogen and oxygen atoms in total. The zero-order valence-corrected chi connectivity index (χ0v) is 21.2. The van der Waals surface area contributed by atoms with Crippen molar-refractivity contribution in [3.8, 4) is 11.4 Å². The molecular formula is C26H32FN7O2. The van der Waals surface area contributed by atoms with E-state index in [1.807, 2.05) is 26.8 Å². The van der Waals surface area contributed by atoms with E-state index < -0.39 is 11.8 Å². The van der Waals surface area contributed by atoms with E-state index in [0.717, 1.165) is 22.9 Å². The molecule has 0 amide bonds. The van der Waals surface area contributed by atoms with Crippen molar-refractivity contribution < 1.29 is 13.9 Å². The molecule has 190 valence electrons. The van der Waals surface area contributed by atoms with Crippen molar-refractivity contribution in [2.75, 3.05) is 13.2 Å². The number of pyridine rings is 1. The predicted molar refractivity (Wildman–Crippen MR) is 136 cm³/mol. The largest absolute Gasteiger partial charge is 0.452 e. The molecule has 2 aliphatic heterocycles. The fraction of sp³-hybridized carbons (Fsp3) is 0.423. The highest BCUT2D eigenvalue weighted by molar-refractivity contribution is 5.74. The third-order valence-electron chi connectivity index (χ3n) is 6.87. The van der Waals surface area contributed by atoms with Crippen molar-refractivity contribution in [1.82, 2.24) is 30.7 Å². The van der Waals surface area contributed by atoms with Crippen LogP contribution in [0.15, 0.2) is 29.5 Å². The van der Waals surface area contributed by atoms with Crippen LogP contribution in [-0.4, -0.2) is 45.3 Å². The Kier molecular flexibility index (Phi) is 6.40. The van der Waals surface area contributed by atoms with E-state index in [2.05, 4.69) is 43.8 Å². The van der Waals surface area contributed by atoms with E-state index in [-0.39, 0.29) is 11.9 Å². The lowest BCUT2D eigenvalue weighted by Crippen LogP contribution is -2.62. The van der Waals surface area contributed by atoms with Gasteiger partial charge in [-0.25, -0.2) is 14.4 Å². The highest BCUT2D eigenvalue weighted by Gasteiger charge is 2.52. The molecule has 0 aliphatic carbocycles. The van der Waals surface area contributed by atoms with Gasteiger partial charge in [-0.1, -0.05) is 6.08 Å². The van der Waals surface area contributed by atoms with Crippen LogP contribution in [0.2, 0.25) is 0 Å². The maximum Gasteiger partial charge on any atom is 0.212 e. The molecule has 10 heteroatoms. The zero-order valence-electron chi connectivity index (χ0n) is 21.2. The molecule has 0 spiro atoms. The normalized spacial score (nSPS) is 23.4. The van der Waals surface area contributed by atoms with Gasteiger partial charge in [-0.05, 0) is 63.5 Å². The quantitative estimate of drug-likeness (QED) is 0.396. The number of hydrazone groups is 1. The Morgan fingerprint density at radius 3 is 2.78 bits per heavy atom. The van der Waals surface area contributed by atoms with E-state index in [4.69, 9.17) is 14.5 Å². The average Bonchev–Trinajstić information content (AvgIpc) is 3.60. The minimum atomic E-state index is -0.766.